The molecule has 2 rings (SSSR count). The highest BCUT2D eigenvalue weighted by molar-refractivity contribution is 5.55. The Morgan fingerprint density at radius 1 is 1.50 bits per heavy atom. The molecule has 1 aromatic heterocycles. The quantitative estimate of drug-likeness (QED) is 0.589. The zero-order valence-electron chi connectivity index (χ0n) is 5.20. The van der Waals surface area contributed by atoms with Gasteiger partial charge in [-0.15, -0.1) is 0 Å². The molecule has 1 N–H and O–H groups in total. The summed E-state index contributed by atoms with van der Waals surface area (Å²) in [5.74, 6) is 1.10. The third kappa shape index (κ3) is 0.673. The standard InChI is InChI=1S/C7H6O3/c8-7-4-6-5(10-7)2-1-3-9-6/h1-2,4,8H,3H2. The lowest BCUT2D eigenvalue weighted by molar-refractivity contribution is 0.321. The molecule has 52 valence electrons. The Kier molecular flexibility index (Phi) is 0.974. The molecule has 1 aliphatic rings. The second kappa shape index (κ2) is 1.80. The van der Waals surface area contributed by atoms with E-state index in [1.54, 1.807) is 6.08 Å². The SMILES string of the molecule is Oc1cc2c(o1)C=CCO2. The van der Waals surface area contributed by atoms with Crippen LogP contribution in [0.2, 0.25) is 0 Å². The first-order valence-electron chi connectivity index (χ1n) is 2.98. The second-order valence-electron chi connectivity index (χ2n) is 2.03. The van der Waals surface area contributed by atoms with Gasteiger partial charge in [-0.1, -0.05) is 0 Å². The van der Waals surface area contributed by atoms with Crippen LogP contribution in [0.25, 0.3) is 6.08 Å². The molecule has 0 unspecified atom stereocenters. The molecule has 1 aliphatic heterocycles. The summed E-state index contributed by atoms with van der Waals surface area (Å²) in [6.45, 7) is 0.548. The number of furan rings is 1. The summed E-state index contributed by atoms with van der Waals surface area (Å²) in [5.41, 5.74) is 0. The van der Waals surface area contributed by atoms with E-state index in [2.05, 4.69) is 0 Å². The molecular weight excluding hydrogens is 132 g/mol. The molecule has 0 bridgehead atoms. The Morgan fingerprint density at radius 3 is 3.20 bits per heavy atom. The average Bonchev–Trinajstić information content (AvgIpc) is 2.27. The largest absolute Gasteiger partial charge is 0.485 e. The van der Waals surface area contributed by atoms with Crippen LogP contribution in [0, 0.1) is 0 Å². The van der Waals surface area contributed by atoms with Crippen molar-refractivity contribution in [1.29, 1.82) is 0 Å². The van der Waals surface area contributed by atoms with Crippen molar-refractivity contribution in [2.75, 3.05) is 6.61 Å². The first-order chi connectivity index (χ1) is 4.86. The number of aromatic hydroxyl groups is 1. The van der Waals surface area contributed by atoms with Gasteiger partial charge in [-0.25, -0.2) is 0 Å². The second-order valence-corrected chi connectivity index (χ2v) is 2.03. The predicted octanol–water partition coefficient (Wildman–Crippen LogP) is 1.39. The third-order valence-corrected chi connectivity index (χ3v) is 1.32. The third-order valence-electron chi connectivity index (χ3n) is 1.32. The van der Waals surface area contributed by atoms with Gasteiger partial charge >= 0.3 is 0 Å². The summed E-state index contributed by atoms with van der Waals surface area (Å²) < 4.78 is 9.95. The first-order valence-corrected chi connectivity index (χ1v) is 2.98. The lowest BCUT2D eigenvalue weighted by Gasteiger charge is -2.03. The Balaban J connectivity index is 2.53. The summed E-state index contributed by atoms with van der Waals surface area (Å²) in [7, 11) is 0. The van der Waals surface area contributed by atoms with Crippen molar-refractivity contribution in [2.24, 2.45) is 0 Å². The molecule has 10 heavy (non-hydrogen) atoms. The maximum atomic E-state index is 8.84. The van der Waals surface area contributed by atoms with E-state index < -0.39 is 0 Å². The number of ether oxygens (including phenoxy) is 1. The highest BCUT2D eigenvalue weighted by Gasteiger charge is 2.11. The molecule has 0 aliphatic carbocycles. The fourth-order valence-electron chi connectivity index (χ4n) is 0.898. The van der Waals surface area contributed by atoms with Gasteiger partial charge < -0.3 is 14.3 Å². The van der Waals surface area contributed by atoms with Crippen molar-refractivity contribution in [1.82, 2.24) is 0 Å². The average molecular weight is 138 g/mol. The Hall–Kier alpha value is -1.38. The Labute approximate surface area is 57.5 Å². The molecular formula is C7H6O3. The van der Waals surface area contributed by atoms with E-state index in [4.69, 9.17) is 14.3 Å². The van der Waals surface area contributed by atoms with Crippen LogP contribution in [0.15, 0.2) is 16.6 Å². The van der Waals surface area contributed by atoms with Crippen molar-refractivity contribution in [3.05, 3.63) is 17.9 Å². The van der Waals surface area contributed by atoms with Crippen LogP contribution >= 0.6 is 0 Å². The van der Waals surface area contributed by atoms with Gasteiger partial charge in [0.1, 0.15) is 6.61 Å². The summed E-state index contributed by atoms with van der Waals surface area (Å²) in [6.07, 6.45) is 3.60. The van der Waals surface area contributed by atoms with Gasteiger partial charge in [0.25, 0.3) is 5.95 Å². The summed E-state index contributed by atoms with van der Waals surface area (Å²) in [6, 6.07) is 1.46. The highest BCUT2D eigenvalue weighted by Crippen LogP contribution is 2.30. The van der Waals surface area contributed by atoms with Gasteiger partial charge in [-0.3, -0.25) is 0 Å². The molecule has 3 nitrogen and oxygen atoms in total. The van der Waals surface area contributed by atoms with Crippen LogP contribution in [-0.4, -0.2) is 11.7 Å². The molecule has 0 saturated carbocycles. The van der Waals surface area contributed by atoms with Gasteiger partial charge in [0.2, 0.25) is 0 Å². The molecule has 3 heteroatoms. The van der Waals surface area contributed by atoms with Crippen molar-refractivity contribution in [3.63, 3.8) is 0 Å². The van der Waals surface area contributed by atoms with Crippen LogP contribution in [0.5, 0.6) is 11.7 Å². The Morgan fingerprint density at radius 2 is 2.40 bits per heavy atom. The molecule has 0 radical (unpaired) electrons. The van der Waals surface area contributed by atoms with Gasteiger partial charge in [-0.2, -0.15) is 0 Å². The molecule has 2 heterocycles. The normalized spacial score (nSPS) is 14.4. The van der Waals surface area contributed by atoms with E-state index in [1.807, 2.05) is 6.08 Å². The van der Waals surface area contributed by atoms with Crippen molar-refractivity contribution >= 4 is 6.08 Å². The van der Waals surface area contributed by atoms with E-state index in [9.17, 15) is 0 Å². The molecule has 0 atom stereocenters. The van der Waals surface area contributed by atoms with Gasteiger partial charge in [-0.05, 0) is 12.2 Å². The summed E-state index contributed by atoms with van der Waals surface area (Å²) in [5, 5.41) is 8.84. The van der Waals surface area contributed by atoms with Crippen LogP contribution in [0.1, 0.15) is 5.76 Å². The van der Waals surface area contributed by atoms with Crippen molar-refractivity contribution in [2.45, 2.75) is 0 Å². The smallest absolute Gasteiger partial charge is 0.286 e. The van der Waals surface area contributed by atoms with Crippen LogP contribution in [-0.2, 0) is 0 Å². The zero-order valence-corrected chi connectivity index (χ0v) is 5.20. The van der Waals surface area contributed by atoms with Crippen molar-refractivity contribution < 1.29 is 14.3 Å². The minimum Gasteiger partial charge on any atom is -0.485 e. The number of hydrogen-bond donors (Lipinski definition) is 1. The van der Waals surface area contributed by atoms with E-state index in [1.165, 1.54) is 6.07 Å². The maximum Gasteiger partial charge on any atom is 0.286 e. The molecule has 0 aromatic carbocycles. The summed E-state index contributed by atoms with van der Waals surface area (Å²) in [4.78, 5) is 0. The first kappa shape index (κ1) is 5.41. The van der Waals surface area contributed by atoms with Crippen LogP contribution in [0.3, 0.4) is 0 Å². The van der Waals surface area contributed by atoms with Crippen molar-refractivity contribution in [3.8, 4) is 11.7 Å². The molecule has 0 amide bonds. The van der Waals surface area contributed by atoms with Gasteiger partial charge in [0, 0.05) is 0 Å². The van der Waals surface area contributed by atoms with Gasteiger partial charge in [0.05, 0.1) is 6.07 Å². The maximum absolute atomic E-state index is 8.84. The van der Waals surface area contributed by atoms with E-state index in [-0.39, 0.29) is 5.95 Å². The number of rotatable bonds is 0. The number of fused-ring (bicyclic) bond motifs is 1. The van der Waals surface area contributed by atoms with E-state index in [0.29, 0.717) is 18.1 Å². The topological polar surface area (TPSA) is 42.6 Å². The van der Waals surface area contributed by atoms with Crippen LogP contribution < -0.4 is 4.74 Å². The van der Waals surface area contributed by atoms with E-state index >= 15 is 0 Å². The highest BCUT2D eigenvalue weighted by atomic mass is 16.5. The lowest BCUT2D eigenvalue weighted by atomic mass is 10.3. The predicted molar refractivity (Wildman–Crippen MR) is 34.9 cm³/mol. The fraction of sp³-hybridized carbons (Fsp3) is 0.143. The Bertz CT molecular complexity index is 272. The minimum atomic E-state index is -0.100. The minimum absolute atomic E-state index is 0.100. The van der Waals surface area contributed by atoms with Crippen LogP contribution in [0.4, 0.5) is 0 Å². The lowest BCUT2D eigenvalue weighted by Crippen LogP contribution is -1.96. The molecule has 0 saturated heterocycles. The number of hydrogen-bond acceptors (Lipinski definition) is 3. The fourth-order valence-corrected chi connectivity index (χ4v) is 0.898. The molecule has 0 spiro atoms. The molecule has 1 aromatic rings. The van der Waals surface area contributed by atoms with Gasteiger partial charge in [0.15, 0.2) is 11.5 Å². The summed E-state index contributed by atoms with van der Waals surface area (Å²) >= 11 is 0. The monoisotopic (exact) mass is 138 g/mol. The van der Waals surface area contributed by atoms with E-state index in [0.717, 1.165) is 0 Å². The molecule has 0 fully saturated rings. The zero-order chi connectivity index (χ0) is 6.97.